The number of nitrogens with zero attached hydrogens (tertiary/aromatic N) is 4. The highest BCUT2D eigenvalue weighted by molar-refractivity contribution is 4.66. The molecule has 6 heteroatoms. The van der Waals surface area contributed by atoms with E-state index in [1.165, 1.54) is 0 Å². The van der Waals surface area contributed by atoms with Crippen LogP contribution in [0.3, 0.4) is 0 Å². The van der Waals surface area contributed by atoms with Crippen LogP contribution < -0.4 is 9.13 Å². The molecule has 0 atom stereocenters. The van der Waals surface area contributed by atoms with Crippen LogP contribution in [0.4, 0.5) is 0 Å². The number of aliphatic hydroxyl groups excluding tert-OH is 1. The highest BCUT2D eigenvalue weighted by Crippen LogP contribution is 1.87. The van der Waals surface area contributed by atoms with Crippen molar-refractivity contribution in [3.05, 3.63) is 37.4 Å². The van der Waals surface area contributed by atoms with Crippen LogP contribution in [-0.4, -0.2) is 27.5 Å². The molecule has 2 aromatic rings. The van der Waals surface area contributed by atoms with Gasteiger partial charge < -0.3 is 9.84 Å². The Morgan fingerprint density at radius 1 is 1.05 bits per heavy atom. The van der Waals surface area contributed by atoms with Crippen LogP contribution in [-0.2, 0) is 31.1 Å². The Morgan fingerprint density at radius 3 is 2.47 bits per heavy atom. The van der Waals surface area contributed by atoms with Gasteiger partial charge in [-0.3, -0.25) is 0 Å². The lowest BCUT2D eigenvalue weighted by Crippen LogP contribution is -2.34. The van der Waals surface area contributed by atoms with Gasteiger partial charge in [0.15, 0.2) is 6.73 Å². The summed E-state index contributed by atoms with van der Waals surface area (Å²) in [6.07, 6.45) is 11.8. The van der Waals surface area contributed by atoms with Crippen molar-refractivity contribution in [2.45, 2.75) is 33.3 Å². The van der Waals surface area contributed by atoms with E-state index in [1.807, 2.05) is 23.3 Å². The third-order valence-corrected chi connectivity index (χ3v) is 3.01. The fraction of sp³-hybridized carbons (Fsp3) is 0.538. The SMILES string of the molecule is CCn1cc[n+](CCOCCn2cc[n+](CO)c2)c1. The van der Waals surface area contributed by atoms with Crippen LogP contribution in [0.1, 0.15) is 6.92 Å². The Balaban J connectivity index is 1.61. The van der Waals surface area contributed by atoms with Crippen LogP contribution in [0.15, 0.2) is 37.4 Å². The van der Waals surface area contributed by atoms with Gasteiger partial charge >= 0.3 is 0 Å². The van der Waals surface area contributed by atoms with Gasteiger partial charge in [0.05, 0.1) is 19.8 Å². The first-order valence-corrected chi connectivity index (χ1v) is 6.60. The molecule has 0 saturated heterocycles. The summed E-state index contributed by atoms with van der Waals surface area (Å²) in [5, 5.41) is 8.92. The van der Waals surface area contributed by atoms with Gasteiger partial charge in [0.25, 0.3) is 0 Å². The van der Waals surface area contributed by atoms with E-state index in [-0.39, 0.29) is 6.73 Å². The Labute approximate surface area is 113 Å². The first-order chi connectivity index (χ1) is 9.31. The lowest BCUT2D eigenvalue weighted by atomic mass is 10.6. The molecule has 0 spiro atoms. The highest BCUT2D eigenvalue weighted by Gasteiger charge is 2.03. The van der Waals surface area contributed by atoms with Gasteiger partial charge in [0, 0.05) is 0 Å². The molecule has 0 fully saturated rings. The minimum Gasteiger partial charge on any atom is -0.373 e. The minimum absolute atomic E-state index is 0.0128. The first-order valence-electron chi connectivity index (χ1n) is 6.60. The summed E-state index contributed by atoms with van der Waals surface area (Å²) in [5.74, 6) is 0. The standard InChI is InChI=1S/C13H22N4O2/c1-2-14-3-4-15(11-14)7-9-19-10-8-16-5-6-17(12-16)13-18/h3-6,11-12,18H,2,7-10,13H2,1H3/q+2. The molecule has 2 heterocycles. The lowest BCUT2D eigenvalue weighted by Gasteiger charge is -2.00. The number of rotatable bonds is 8. The molecule has 1 N–H and O–H groups in total. The van der Waals surface area contributed by atoms with Gasteiger partial charge in [-0.25, -0.2) is 18.3 Å². The summed E-state index contributed by atoms with van der Waals surface area (Å²) in [5.41, 5.74) is 0. The summed E-state index contributed by atoms with van der Waals surface area (Å²) in [6, 6.07) is 0. The van der Waals surface area contributed by atoms with Crippen molar-refractivity contribution in [1.29, 1.82) is 0 Å². The molecule has 2 rings (SSSR count). The predicted molar refractivity (Wildman–Crippen MR) is 68.0 cm³/mol. The fourth-order valence-electron chi connectivity index (χ4n) is 1.85. The topological polar surface area (TPSA) is 47.1 Å². The van der Waals surface area contributed by atoms with Crippen molar-refractivity contribution < 1.29 is 19.0 Å². The molecular weight excluding hydrogens is 244 g/mol. The number of hydrogen-bond donors (Lipinski definition) is 1. The van der Waals surface area contributed by atoms with E-state index in [9.17, 15) is 0 Å². The second-order valence-corrected chi connectivity index (χ2v) is 4.40. The molecule has 0 aliphatic rings. The number of aromatic nitrogens is 4. The number of aryl methyl sites for hydroxylation is 1. The third-order valence-electron chi connectivity index (χ3n) is 3.01. The van der Waals surface area contributed by atoms with Crippen molar-refractivity contribution in [1.82, 2.24) is 9.13 Å². The van der Waals surface area contributed by atoms with E-state index in [1.54, 1.807) is 4.57 Å². The molecule has 0 radical (unpaired) electrons. The minimum atomic E-state index is 0.0128. The maximum atomic E-state index is 8.92. The zero-order valence-electron chi connectivity index (χ0n) is 11.4. The summed E-state index contributed by atoms with van der Waals surface area (Å²) >= 11 is 0. The molecule has 6 nitrogen and oxygen atoms in total. The zero-order chi connectivity index (χ0) is 13.5. The van der Waals surface area contributed by atoms with E-state index in [4.69, 9.17) is 9.84 Å². The normalized spacial score (nSPS) is 11.1. The van der Waals surface area contributed by atoms with Gasteiger partial charge in [0.2, 0.25) is 12.7 Å². The quantitative estimate of drug-likeness (QED) is 0.520. The molecule has 19 heavy (non-hydrogen) atoms. The van der Waals surface area contributed by atoms with Crippen molar-refractivity contribution >= 4 is 0 Å². The van der Waals surface area contributed by atoms with Gasteiger partial charge in [-0.1, -0.05) is 0 Å². The molecule has 0 aliphatic heterocycles. The van der Waals surface area contributed by atoms with Crippen LogP contribution in [0.5, 0.6) is 0 Å². The average Bonchev–Trinajstić information content (AvgIpc) is 3.06. The number of hydrogen-bond acceptors (Lipinski definition) is 2. The Kier molecular flexibility index (Phi) is 5.11. The first kappa shape index (κ1) is 13.8. The highest BCUT2D eigenvalue weighted by atomic mass is 16.5. The average molecular weight is 266 g/mol. The summed E-state index contributed by atoms with van der Waals surface area (Å²) in [4.78, 5) is 0. The zero-order valence-corrected chi connectivity index (χ0v) is 11.4. The second kappa shape index (κ2) is 7.06. The van der Waals surface area contributed by atoms with Gasteiger partial charge in [-0.05, 0) is 6.92 Å². The van der Waals surface area contributed by atoms with Crippen LogP contribution in [0, 0.1) is 0 Å². The van der Waals surface area contributed by atoms with Crippen LogP contribution in [0.2, 0.25) is 0 Å². The van der Waals surface area contributed by atoms with Crippen molar-refractivity contribution in [2.75, 3.05) is 13.2 Å². The number of ether oxygens (including phenoxy) is 1. The number of aliphatic hydroxyl groups is 1. The van der Waals surface area contributed by atoms with Crippen molar-refractivity contribution in [2.24, 2.45) is 0 Å². The summed E-state index contributed by atoms with van der Waals surface area (Å²) in [6.45, 7) is 6.18. The van der Waals surface area contributed by atoms with Crippen molar-refractivity contribution in [3.63, 3.8) is 0 Å². The molecule has 0 saturated carbocycles. The Bertz CT molecular complexity index is 448. The van der Waals surface area contributed by atoms with Gasteiger partial charge in [-0.15, -0.1) is 0 Å². The van der Waals surface area contributed by atoms with E-state index < -0.39 is 0 Å². The van der Waals surface area contributed by atoms with Crippen molar-refractivity contribution in [3.8, 4) is 0 Å². The summed E-state index contributed by atoms with van der Waals surface area (Å²) in [7, 11) is 0. The molecule has 2 aromatic heterocycles. The second-order valence-electron chi connectivity index (χ2n) is 4.40. The molecule has 0 aliphatic carbocycles. The Hall–Kier alpha value is -1.66. The van der Waals surface area contributed by atoms with Crippen LogP contribution in [0.25, 0.3) is 0 Å². The lowest BCUT2D eigenvalue weighted by molar-refractivity contribution is -0.729. The third kappa shape index (κ3) is 4.18. The van der Waals surface area contributed by atoms with E-state index in [0.29, 0.717) is 13.2 Å². The maximum absolute atomic E-state index is 8.92. The largest absolute Gasteiger partial charge is 0.373 e. The monoisotopic (exact) mass is 266 g/mol. The molecule has 0 amide bonds. The van der Waals surface area contributed by atoms with E-state index in [0.717, 1.165) is 19.6 Å². The van der Waals surface area contributed by atoms with Gasteiger partial charge in [0.1, 0.15) is 37.9 Å². The number of imidazole rings is 2. The van der Waals surface area contributed by atoms with E-state index >= 15 is 0 Å². The molecule has 104 valence electrons. The molecule has 0 unspecified atom stereocenters. The predicted octanol–water partition coefficient (Wildman–Crippen LogP) is -0.449. The maximum Gasteiger partial charge on any atom is 0.245 e. The Morgan fingerprint density at radius 2 is 1.79 bits per heavy atom. The molecule has 0 bridgehead atoms. The van der Waals surface area contributed by atoms with Gasteiger partial charge in [-0.2, -0.15) is 0 Å². The molecular formula is C13H22N4O2+2. The van der Waals surface area contributed by atoms with E-state index in [2.05, 4.69) is 34.8 Å². The smallest absolute Gasteiger partial charge is 0.245 e. The molecule has 0 aromatic carbocycles. The van der Waals surface area contributed by atoms with Crippen LogP contribution >= 0.6 is 0 Å². The fourth-order valence-corrected chi connectivity index (χ4v) is 1.85. The summed E-state index contributed by atoms with van der Waals surface area (Å²) < 4.78 is 13.6.